The molecule has 1 aliphatic heterocycles. The first-order valence-corrected chi connectivity index (χ1v) is 9.38. The standard InChI is InChI=1S/C21H25ClN2O2/c1-15(18-9-3-4-11-20(18)26-2)23-21(25)14-24-12-6-10-19(24)16-7-5-8-17(22)13-16/h3-5,7-9,11,13,15,19H,6,10,12,14H2,1-2H3,(H,23,25). The summed E-state index contributed by atoms with van der Waals surface area (Å²) in [5.41, 5.74) is 2.16. The number of methoxy groups -OCH3 is 1. The van der Waals surface area contributed by atoms with E-state index in [2.05, 4.69) is 16.3 Å². The van der Waals surface area contributed by atoms with Gasteiger partial charge in [-0.3, -0.25) is 9.69 Å². The van der Waals surface area contributed by atoms with E-state index in [1.165, 1.54) is 5.56 Å². The molecular weight excluding hydrogens is 348 g/mol. The van der Waals surface area contributed by atoms with Gasteiger partial charge in [0.05, 0.1) is 19.7 Å². The molecule has 4 nitrogen and oxygen atoms in total. The van der Waals surface area contributed by atoms with Crippen LogP contribution in [-0.4, -0.2) is 31.0 Å². The predicted octanol–water partition coefficient (Wildman–Crippen LogP) is 4.36. The quantitative estimate of drug-likeness (QED) is 0.819. The number of nitrogens with one attached hydrogen (secondary N) is 1. The van der Waals surface area contributed by atoms with Gasteiger partial charge in [-0.25, -0.2) is 0 Å². The van der Waals surface area contributed by atoms with Gasteiger partial charge in [-0.1, -0.05) is 41.9 Å². The van der Waals surface area contributed by atoms with E-state index in [1.54, 1.807) is 7.11 Å². The minimum absolute atomic E-state index is 0.0253. The molecule has 0 saturated carbocycles. The van der Waals surface area contributed by atoms with Crippen molar-refractivity contribution < 1.29 is 9.53 Å². The lowest BCUT2D eigenvalue weighted by Crippen LogP contribution is -2.38. The number of benzene rings is 2. The van der Waals surface area contributed by atoms with Gasteiger partial charge in [0.15, 0.2) is 0 Å². The number of amides is 1. The summed E-state index contributed by atoms with van der Waals surface area (Å²) in [5, 5.41) is 3.83. The predicted molar refractivity (Wildman–Crippen MR) is 105 cm³/mol. The van der Waals surface area contributed by atoms with E-state index in [1.807, 2.05) is 49.4 Å². The number of likely N-dealkylation sites (tertiary alicyclic amines) is 1. The monoisotopic (exact) mass is 372 g/mol. The molecular formula is C21H25ClN2O2. The van der Waals surface area contributed by atoms with Crippen LogP contribution in [0.15, 0.2) is 48.5 Å². The number of halogens is 1. The Kier molecular flexibility index (Phi) is 6.17. The summed E-state index contributed by atoms with van der Waals surface area (Å²) in [6, 6.07) is 15.9. The van der Waals surface area contributed by atoms with Crippen LogP contribution in [0, 0.1) is 0 Å². The zero-order valence-electron chi connectivity index (χ0n) is 15.2. The van der Waals surface area contributed by atoms with E-state index in [4.69, 9.17) is 16.3 Å². The van der Waals surface area contributed by atoms with Crippen molar-refractivity contribution in [1.29, 1.82) is 0 Å². The highest BCUT2D eigenvalue weighted by Crippen LogP contribution is 2.32. The number of hydrogen-bond donors (Lipinski definition) is 1. The second kappa shape index (κ2) is 8.56. The van der Waals surface area contributed by atoms with Crippen molar-refractivity contribution in [3.05, 3.63) is 64.7 Å². The molecule has 1 amide bonds. The van der Waals surface area contributed by atoms with E-state index in [0.717, 1.165) is 35.7 Å². The third-order valence-corrected chi connectivity index (χ3v) is 5.16. The van der Waals surface area contributed by atoms with E-state index in [9.17, 15) is 4.79 Å². The smallest absolute Gasteiger partial charge is 0.234 e. The van der Waals surface area contributed by atoms with Crippen molar-refractivity contribution >= 4 is 17.5 Å². The Labute approximate surface area is 160 Å². The summed E-state index contributed by atoms with van der Waals surface area (Å²) in [4.78, 5) is 14.8. The largest absolute Gasteiger partial charge is 0.496 e. The van der Waals surface area contributed by atoms with Crippen molar-refractivity contribution in [3.63, 3.8) is 0 Å². The minimum Gasteiger partial charge on any atom is -0.496 e. The molecule has 138 valence electrons. The van der Waals surface area contributed by atoms with E-state index >= 15 is 0 Å². The van der Waals surface area contributed by atoms with Crippen LogP contribution in [0.5, 0.6) is 5.75 Å². The second-order valence-corrected chi connectivity index (χ2v) is 7.15. The van der Waals surface area contributed by atoms with Crippen LogP contribution in [0.2, 0.25) is 5.02 Å². The highest BCUT2D eigenvalue weighted by molar-refractivity contribution is 6.30. The van der Waals surface area contributed by atoms with Gasteiger partial charge >= 0.3 is 0 Å². The maximum absolute atomic E-state index is 12.6. The molecule has 3 rings (SSSR count). The average Bonchev–Trinajstić information content (AvgIpc) is 3.09. The molecule has 0 aliphatic carbocycles. The van der Waals surface area contributed by atoms with Gasteiger partial charge in [-0.05, 0) is 50.1 Å². The first kappa shape index (κ1) is 18.7. The van der Waals surface area contributed by atoms with Crippen LogP contribution in [0.25, 0.3) is 0 Å². The van der Waals surface area contributed by atoms with Crippen molar-refractivity contribution in [3.8, 4) is 5.75 Å². The molecule has 1 aliphatic rings. The molecule has 0 aromatic heterocycles. The topological polar surface area (TPSA) is 41.6 Å². The molecule has 5 heteroatoms. The number of rotatable bonds is 6. The van der Waals surface area contributed by atoms with E-state index in [0.29, 0.717) is 6.54 Å². The summed E-state index contributed by atoms with van der Waals surface area (Å²) in [6.07, 6.45) is 2.14. The second-order valence-electron chi connectivity index (χ2n) is 6.71. The molecule has 1 fully saturated rings. The normalized spacial score (nSPS) is 18.5. The summed E-state index contributed by atoms with van der Waals surface area (Å²) >= 11 is 6.13. The number of carbonyl (C=O) groups is 1. The fraction of sp³-hybridized carbons (Fsp3) is 0.381. The first-order valence-electron chi connectivity index (χ1n) is 9.00. The number of carbonyl (C=O) groups excluding carboxylic acids is 1. The van der Waals surface area contributed by atoms with Crippen LogP contribution in [0.1, 0.15) is 43.0 Å². The number of hydrogen-bond acceptors (Lipinski definition) is 3. The molecule has 26 heavy (non-hydrogen) atoms. The van der Waals surface area contributed by atoms with Crippen molar-refractivity contribution in [2.24, 2.45) is 0 Å². The van der Waals surface area contributed by atoms with Crippen LogP contribution < -0.4 is 10.1 Å². The molecule has 2 aromatic rings. The fourth-order valence-corrected chi connectivity index (χ4v) is 3.88. The Balaban J connectivity index is 1.64. The van der Waals surface area contributed by atoms with Crippen LogP contribution in [0.3, 0.4) is 0 Å². The fourth-order valence-electron chi connectivity index (χ4n) is 3.68. The molecule has 1 saturated heterocycles. The molecule has 0 spiro atoms. The van der Waals surface area contributed by atoms with Gasteiger partial charge in [-0.15, -0.1) is 0 Å². The molecule has 2 atom stereocenters. The average molecular weight is 373 g/mol. The number of ether oxygens (including phenoxy) is 1. The molecule has 0 radical (unpaired) electrons. The maximum atomic E-state index is 12.6. The molecule has 2 aromatic carbocycles. The summed E-state index contributed by atoms with van der Waals surface area (Å²) in [7, 11) is 1.65. The first-order chi connectivity index (χ1) is 12.6. The van der Waals surface area contributed by atoms with Crippen molar-refractivity contribution in [1.82, 2.24) is 10.2 Å². The lowest BCUT2D eigenvalue weighted by molar-refractivity contribution is -0.123. The van der Waals surface area contributed by atoms with Gasteiger partial charge in [0.25, 0.3) is 0 Å². The van der Waals surface area contributed by atoms with Crippen LogP contribution in [0.4, 0.5) is 0 Å². The van der Waals surface area contributed by atoms with E-state index in [-0.39, 0.29) is 18.0 Å². The van der Waals surface area contributed by atoms with Crippen molar-refractivity contribution in [2.75, 3.05) is 20.2 Å². The minimum atomic E-state index is -0.106. The van der Waals surface area contributed by atoms with Crippen molar-refractivity contribution in [2.45, 2.75) is 31.8 Å². The third kappa shape index (κ3) is 4.37. The van der Waals surface area contributed by atoms with Gasteiger partial charge in [0, 0.05) is 16.6 Å². The molecule has 1 heterocycles. The molecule has 1 N–H and O–H groups in total. The van der Waals surface area contributed by atoms with Gasteiger partial charge in [0.1, 0.15) is 5.75 Å². The summed E-state index contributed by atoms with van der Waals surface area (Å²) in [6.45, 7) is 3.29. The summed E-state index contributed by atoms with van der Waals surface area (Å²) < 4.78 is 5.39. The lowest BCUT2D eigenvalue weighted by atomic mass is 10.0. The summed E-state index contributed by atoms with van der Waals surface area (Å²) in [5.74, 6) is 0.815. The molecule has 0 bridgehead atoms. The Bertz CT molecular complexity index is 765. The van der Waals surface area contributed by atoms with Gasteiger partial charge < -0.3 is 10.1 Å². The van der Waals surface area contributed by atoms with Gasteiger partial charge in [0.2, 0.25) is 5.91 Å². The Hall–Kier alpha value is -2.04. The van der Waals surface area contributed by atoms with Crippen LogP contribution in [-0.2, 0) is 4.79 Å². The highest BCUT2D eigenvalue weighted by atomic mass is 35.5. The van der Waals surface area contributed by atoms with Crippen LogP contribution >= 0.6 is 11.6 Å². The van der Waals surface area contributed by atoms with Gasteiger partial charge in [-0.2, -0.15) is 0 Å². The zero-order chi connectivity index (χ0) is 18.5. The lowest BCUT2D eigenvalue weighted by Gasteiger charge is -2.25. The Morgan fingerprint density at radius 2 is 2.12 bits per heavy atom. The zero-order valence-corrected chi connectivity index (χ0v) is 16.0. The Morgan fingerprint density at radius 3 is 2.88 bits per heavy atom. The third-order valence-electron chi connectivity index (χ3n) is 4.93. The SMILES string of the molecule is COc1ccccc1C(C)NC(=O)CN1CCCC1c1cccc(Cl)c1. The Morgan fingerprint density at radius 1 is 1.31 bits per heavy atom. The number of nitrogens with zero attached hydrogens (tertiary/aromatic N) is 1. The molecule has 2 unspecified atom stereocenters. The highest BCUT2D eigenvalue weighted by Gasteiger charge is 2.28. The number of para-hydroxylation sites is 1. The maximum Gasteiger partial charge on any atom is 0.234 e. The van der Waals surface area contributed by atoms with E-state index < -0.39 is 0 Å².